The zero-order valence-corrected chi connectivity index (χ0v) is 18.7. The minimum absolute atomic E-state index is 0.185. The van der Waals surface area contributed by atoms with Crippen LogP contribution in [0.15, 0.2) is 41.3 Å². The van der Waals surface area contributed by atoms with Gasteiger partial charge >= 0.3 is 5.69 Å². The maximum absolute atomic E-state index is 12.0. The third kappa shape index (κ3) is 4.24. The number of amides is 1. The van der Waals surface area contributed by atoms with Crippen molar-refractivity contribution in [1.82, 2.24) is 24.8 Å². The molecule has 1 aromatic carbocycles. The zero-order valence-electron chi connectivity index (χ0n) is 17.9. The average Bonchev–Trinajstić information content (AvgIpc) is 3.25. The number of hydrogen-bond donors (Lipinski definition) is 2. The molecule has 31 heavy (non-hydrogen) atoms. The molecule has 3 aromatic rings. The van der Waals surface area contributed by atoms with E-state index in [1.807, 2.05) is 18.2 Å². The van der Waals surface area contributed by atoms with Crippen LogP contribution in [0.1, 0.15) is 22.5 Å². The highest BCUT2D eigenvalue weighted by Crippen LogP contribution is 2.23. The maximum Gasteiger partial charge on any atom is 0.326 e. The number of aromatic nitrogens is 3. The van der Waals surface area contributed by atoms with Crippen molar-refractivity contribution in [3.63, 3.8) is 0 Å². The van der Waals surface area contributed by atoms with E-state index in [4.69, 9.17) is 12.2 Å². The van der Waals surface area contributed by atoms with E-state index in [1.165, 1.54) is 4.57 Å². The van der Waals surface area contributed by atoms with Gasteiger partial charge in [-0.1, -0.05) is 18.3 Å². The number of pyridine rings is 1. The molecule has 3 heterocycles. The van der Waals surface area contributed by atoms with Crippen molar-refractivity contribution in [2.24, 2.45) is 7.05 Å². The topological polar surface area (TPSA) is 86.3 Å². The van der Waals surface area contributed by atoms with Crippen LogP contribution in [0.3, 0.4) is 0 Å². The van der Waals surface area contributed by atoms with Crippen molar-refractivity contribution in [3.05, 3.63) is 62.9 Å². The van der Waals surface area contributed by atoms with Gasteiger partial charge < -0.3 is 15.2 Å². The highest BCUT2D eigenvalue weighted by atomic mass is 32.1. The van der Waals surface area contributed by atoms with E-state index in [0.717, 1.165) is 48.2 Å². The second kappa shape index (κ2) is 8.60. The van der Waals surface area contributed by atoms with Crippen LogP contribution in [0.2, 0.25) is 0 Å². The molecule has 2 aromatic heterocycles. The highest BCUT2D eigenvalue weighted by Gasteiger charge is 2.26. The van der Waals surface area contributed by atoms with Crippen molar-refractivity contribution in [1.29, 1.82) is 0 Å². The van der Waals surface area contributed by atoms with Gasteiger partial charge in [-0.3, -0.25) is 14.3 Å². The molecule has 1 amide bonds. The first-order valence-electron chi connectivity index (χ1n) is 10.2. The van der Waals surface area contributed by atoms with Crippen LogP contribution >= 0.6 is 12.2 Å². The van der Waals surface area contributed by atoms with Crippen LogP contribution in [0.5, 0.6) is 0 Å². The number of anilines is 1. The van der Waals surface area contributed by atoms with Gasteiger partial charge in [-0.2, -0.15) is 0 Å². The number of rotatable bonds is 5. The Morgan fingerprint density at radius 1 is 1.35 bits per heavy atom. The number of H-pyrrole nitrogens is 1. The Labute approximate surface area is 185 Å². The molecule has 162 valence electrons. The number of aromatic amines is 1. The summed E-state index contributed by atoms with van der Waals surface area (Å²) in [6.07, 6.45) is 2.80. The van der Waals surface area contributed by atoms with Crippen molar-refractivity contribution >= 4 is 34.7 Å². The summed E-state index contributed by atoms with van der Waals surface area (Å²) in [7, 11) is 5.34. The summed E-state index contributed by atoms with van der Waals surface area (Å²) in [5.74, 6) is -0.185. The van der Waals surface area contributed by atoms with E-state index in [9.17, 15) is 9.59 Å². The van der Waals surface area contributed by atoms with Gasteiger partial charge in [0.25, 0.3) is 5.91 Å². The van der Waals surface area contributed by atoms with Crippen molar-refractivity contribution in [3.8, 4) is 0 Å². The van der Waals surface area contributed by atoms with Gasteiger partial charge in [0.2, 0.25) is 0 Å². The summed E-state index contributed by atoms with van der Waals surface area (Å²) in [5.41, 5.74) is 3.13. The summed E-state index contributed by atoms with van der Waals surface area (Å²) in [5, 5.41) is 3.47. The number of carbonyl (C=O) groups is 1. The molecule has 4 rings (SSSR count). The monoisotopic (exact) mass is 438 g/mol. The number of likely N-dealkylation sites (tertiary alicyclic amines) is 1. The van der Waals surface area contributed by atoms with Crippen molar-refractivity contribution in [2.45, 2.75) is 19.0 Å². The summed E-state index contributed by atoms with van der Waals surface area (Å²) in [6, 6.07) is 10.1. The Morgan fingerprint density at radius 2 is 2.16 bits per heavy atom. The van der Waals surface area contributed by atoms with E-state index in [2.05, 4.69) is 38.2 Å². The second-order valence-corrected chi connectivity index (χ2v) is 8.33. The molecule has 0 radical (unpaired) electrons. The highest BCUT2D eigenvalue weighted by molar-refractivity contribution is 7.71. The van der Waals surface area contributed by atoms with Crippen molar-refractivity contribution < 1.29 is 4.79 Å². The van der Waals surface area contributed by atoms with E-state index in [-0.39, 0.29) is 11.6 Å². The quantitative estimate of drug-likeness (QED) is 0.593. The number of likely N-dealkylation sites (N-methyl/N-ethyl adjacent to an activating group) is 1. The first kappa shape index (κ1) is 21.2. The Balaban J connectivity index is 1.44. The van der Waals surface area contributed by atoms with Gasteiger partial charge in [0.1, 0.15) is 10.3 Å². The fourth-order valence-corrected chi connectivity index (χ4v) is 4.31. The Bertz CT molecular complexity index is 1230. The number of fused-ring (bicyclic) bond motifs is 1. The largest absolute Gasteiger partial charge is 0.369 e. The molecular formula is C22H26N6O2S. The molecule has 0 bridgehead atoms. The van der Waals surface area contributed by atoms with Crippen LogP contribution in [-0.4, -0.2) is 58.6 Å². The number of benzene rings is 1. The lowest BCUT2D eigenvalue weighted by Crippen LogP contribution is -2.34. The molecular weight excluding hydrogens is 412 g/mol. The van der Waals surface area contributed by atoms with E-state index in [1.54, 1.807) is 26.4 Å². The SMILES string of the molecule is CNC(=O)c1ccc(N(C)C2CCN(Cc3ccc4c(=S)n(C)c(=O)[nH]c4c3)C2)cn1. The van der Waals surface area contributed by atoms with E-state index >= 15 is 0 Å². The van der Waals surface area contributed by atoms with Gasteiger partial charge in [-0.05, 0) is 36.2 Å². The van der Waals surface area contributed by atoms with Gasteiger partial charge in [0.15, 0.2) is 0 Å². The second-order valence-electron chi connectivity index (χ2n) is 7.94. The molecule has 8 nitrogen and oxygen atoms in total. The third-order valence-electron chi connectivity index (χ3n) is 5.98. The van der Waals surface area contributed by atoms with Gasteiger partial charge in [0.05, 0.1) is 17.4 Å². The zero-order chi connectivity index (χ0) is 22.1. The molecule has 1 aliphatic rings. The van der Waals surface area contributed by atoms with Gasteiger partial charge in [0, 0.05) is 52.2 Å². The standard InChI is InChI=1S/C22H26N6O2S/c1-23-20(29)18-7-5-15(11-24-18)26(2)16-8-9-28(13-16)12-14-4-6-17-19(10-14)25-22(30)27(3)21(17)31/h4-7,10-11,16H,8-9,12-13H2,1-3H3,(H,23,29)(H,25,30). The summed E-state index contributed by atoms with van der Waals surface area (Å²) < 4.78 is 2.00. The lowest BCUT2D eigenvalue weighted by Gasteiger charge is -2.27. The minimum atomic E-state index is -0.200. The van der Waals surface area contributed by atoms with Crippen molar-refractivity contribution in [2.75, 3.05) is 32.1 Å². The van der Waals surface area contributed by atoms with Gasteiger partial charge in [-0.15, -0.1) is 0 Å². The lowest BCUT2D eigenvalue weighted by atomic mass is 10.1. The maximum atomic E-state index is 12.0. The number of carbonyl (C=O) groups excluding carboxylic acids is 1. The number of hydrogen-bond acceptors (Lipinski definition) is 6. The first-order chi connectivity index (χ1) is 14.9. The summed E-state index contributed by atoms with van der Waals surface area (Å²) in [6.45, 7) is 2.73. The van der Waals surface area contributed by atoms with E-state index < -0.39 is 0 Å². The summed E-state index contributed by atoms with van der Waals surface area (Å²) >= 11 is 5.39. The number of nitrogens with one attached hydrogen (secondary N) is 2. The molecule has 0 saturated carbocycles. The smallest absolute Gasteiger partial charge is 0.326 e. The third-order valence-corrected chi connectivity index (χ3v) is 6.48. The summed E-state index contributed by atoms with van der Waals surface area (Å²) in [4.78, 5) is 35.5. The molecule has 1 aliphatic heterocycles. The molecule has 0 spiro atoms. The average molecular weight is 439 g/mol. The molecule has 1 saturated heterocycles. The van der Waals surface area contributed by atoms with Crippen LogP contribution in [0.25, 0.3) is 10.9 Å². The molecule has 2 N–H and O–H groups in total. The molecule has 0 aliphatic carbocycles. The molecule has 1 unspecified atom stereocenters. The predicted molar refractivity (Wildman–Crippen MR) is 124 cm³/mol. The van der Waals surface area contributed by atoms with E-state index in [0.29, 0.717) is 16.4 Å². The lowest BCUT2D eigenvalue weighted by molar-refractivity contribution is 0.0958. The molecule has 9 heteroatoms. The Hall–Kier alpha value is -3.04. The normalized spacial score (nSPS) is 16.5. The van der Waals surface area contributed by atoms with Crippen LogP contribution in [-0.2, 0) is 13.6 Å². The fraction of sp³-hybridized carbons (Fsp3) is 0.364. The first-order valence-corrected chi connectivity index (χ1v) is 10.6. The predicted octanol–water partition coefficient (Wildman–Crippen LogP) is 2.06. The molecule has 1 fully saturated rings. The minimum Gasteiger partial charge on any atom is -0.369 e. The number of nitrogens with zero attached hydrogens (tertiary/aromatic N) is 4. The van der Waals surface area contributed by atoms with Crippen LogP contribution in [0, 0.1) is 4.64 Å². The van der Waals surface area contributed by atoms with Gasteiger partial charge in [-0.25, -0.2) is 9.78 Å². The fourth-order valence-electron chi connectivity index (χ4n) is 4.05. The Kier molecular flexibility index (Phi) is 5.88. The van der Waals surface area contributed by atoms with Crippen LogP contribution < -0.4 is 15.9 Å². The van der Waals surface area contributed by atoms with Crippen LogP contribution in [0.4, 0.5) is 5.69 Å². The molecule has 1 atom stereocenters. The Morgan fingerprint density at radius 3 is 2.87 bits per heavy atom.